The van der Waals surface area contributed by atoms with Crippen LogP contribution in [-0.2, 0) is 14.3 Å². The molecule has 152 valence electrons. The van der Waals surface area contributed by atoms with E-state index in [0.717, 1.165) is 6.42 Å². The molecule has 0 saturated carbocycles. The Labute approximate surface area is 171 Å². The first-order valence-electron chi connectivity index (χ1n) is 10.0. The van der Waals surface area contributed by atoms with Crippen LogP contribution >= 0.6 is 0 Å². The predicted molar refractivity (Wildman–Crippen MR) is 111 cm³/mol. The van der Waals surface area contributed by atoms with Crippen LogP contribution in [0.15, 0.2) is 54.6 Å². The maximum Gasteiger partial charge on any atom is 0.341 e. The van der Waals surface area contributed by atoms with E-state index in [2.05, 4.69) is 0 Å². The van der Waals surface area contributed by atoms with Gasteiger partial charge < -0.3 is 14.5 Å². The van der Waals surface area contributed by atoms with E-state index in [1.165, 1.54) is 0 Å². The van der Waals surface area contributed by atoms with Crippen molar-refractivity contribution in [1.82, 2.24) is 4.90 Å². The molecule has 0 spiro atoms. The number of likely N-dealkylation sites (N-methyl/N-ethyl adjacent to an activating group) is 1. The second kappa shape index (κ2) is 9.37. The van der Waals surface area contributed by atoms with Crippen LogP contribution in [0.4, 0.5) is 5.69 Å². The van der Waals surface area contributed by atoms with Crippen molar-refractivity contribution in [3.63, 3.8) is 0 Å². The second-order valence-corrected chi connectivity index (χ2v) is 6.87. The summed E-state index contributed by atoms with van der Waals surface area (Å²) >= 11 is 0. The van der Waals surface area contributed by atoms with Crippen LogP contribution in [-0.4, -0.2) is 42.3 Å². The molecule has 6 heteroatoms. The summed E-state index contributed by atoms with van der Waals surface area (Å²) in [5.74, 6) is -0.886. The van der Waals surface area contributed by atoms with Gasteiger partial charge >= 0.3 is 5.97 Å². The summed E-state index contributed by atoms with van der Waals surface area (Å²) in [6.45, 7) is 5.40. The normalized spacial score (nSPS) is 14.6. The van der Waals surface area contributed by atoms with Gasteiger partial charge in [0.15, 0.2) is 0 Å². The number of ether oxygens (including phenoxy) is 1. The maximum absolute atomic E-state index is 13.1. The number of hydrogen-bond donors (Lipinski definition) is 0. The minimum atomic E-state index is -1.04. The first-order chi connectivity index (χ1) is 14.1. The Morgan fingerprint density at radius 3 is 2.31 bits per heavy atom. The number of benzene rings is 2. The van der Waals surface area contributed by atoms with E-state index in [4.69, 9.17) is 4.74 Å². The van der Waals surface area contributed by atoms with Gasteiger partial charge in [-0.25, -0.2) is 4.79 Å². The molecule has 6 nitrogen and oxygen atoms in total. The molecule has 1 fully saturated rings. The van der Waals surface area contributed by atoms with E-state index in [1.54, 1.807) is 46.2 Å². The van der Waals surface area contributed by atoms with Crippen molar-refractivity contribution in [2.45, 2.75) is 32.8 Å². The summed E-state index contributed by atoms with van der Waals surface area (Å²) in [4.78, 5) is 41.6. The molecule has 29 heavy (non-hydrogen) atoms. The van der Waals surface area contributed by atoms with Gasteiger partial charge in [-0.05, 0) is 32.4 Å². The van der Waals surface area contributed by atoms with Gasteiger partial charge in [-0.2, -0.15) is 0 Å². The zero-order valence-corrected chi connectivity index (χ0v) is 16.8. The lowest BCUT2D eigenvalue weighted by Gasteiger charge is -2.26. The first-order valence-corrected chi connectivity index (χ1v) is 10.0. The van der Waals surface area contributed by atoms with Crippen LogP contribution in [0.5, 0.6) is 0 Å². The Hall–Kier alpha value is -3.15. The van der Waals surface area contributed by atoms with E-state index in [1.807, 2.05) is 32.0 Å². The molecule has 3 rings (SSSR count). The largest absolute Gasteiger partial charge is 0.444 e. The lowest BCUT2D eigenvalue weighted by Crippen LogP contribution is -2.37. The molecule has 2 amide bonds. The summed E-state index contributed by atoms with van der Waals surface area (Å²) in [5.41, 5.74) is 1.44. The fraction of sp³-hybridized carbons (Fsp3) is 0.348. The monoisotopic (exact) mass is 394 g/mol. The van der Waals surface area contributed by atoms with Crippen molar-refractivity contribution in [1.29, 1.82) is 0 Å². The van der Waals surface area contributed by atoms with Gasteiger partial charge in [-0.1, -0.05) is 42.5 Å². The molecule has 1 heterocycles. The minimum Gasteiger partial charge on any atom is -0.444 e. The smallest absolute Gasteiger partial charge is 0.341 e. The molecule has 0 aromatic heterocycles. The van der Waals surface area contributed by atoms with Gasteiger partial charge in [0.25, 0.3) is 5.91 Å². The summed E-state index contributed by atoms with van der Waals surface area (Å²) in [7, 11) is 0. The number of carbonyl (C=O) groups excluding carboxylic acids is 3. The topological polar surface area (TPSA) is 66.9 Å². The highest BCUT2D eigenvalue weighted by Crippen LogP contribution is 2.28. The molecule has 0 N–H and O–H groups in total. The Balaban J connectivity index is 1.92. The van der Waals surface area contributed by atoms with Gasteiger partial charge in [-0.15, -0.1) is 0 Å². The number of anilines is 1. The number of carbonyl (C=O) groups is 3. The Morgan fingerprint density at radius 1 is 1.03 bits per heavy atom. The molecule has 0 bridgehead atoms. The molecule has 1 aliphatic rings. The highest BCUT2D eigenvalue weighted by molar-refractivity contribution is 6.04. The molecular formula is C23H26N2O4. The Bertz CT molecular complexity index is 877. The maximum atomic E-state index is 13.1. The number of rotatable bonds is 7. The lowest BCUT2D eigenvalue weighted by molar-refractivity contribution is -0.140. The molecule has 2 aromatic carbocycles. The number of amides is 2. The fourth-order valence-electron chi connectivity index (χ4n) is 3.54. The molecule has 0 aliphatic carbocycles. The van der Waals surface area contributed by atoms with Gasteiger partial charge in [0.1, 0.15) is 0 Å². The molecule has 2 aromatic rings. The Morgan fingerprint density at radius 2 is 1.69 bits per heavy atom. The SMILES string of the molecule is CCN(CC)C(=O)[C@H](OC(=O)c1ccccc1N1CCCC1=O)c1ccccc1. The number of para-hydroxylation sites is 1. The summed E-state index contributed by atoms with van der Waals surface area (Å²) in [5, 5.41) is 0. The van der Waals surface area contributed by atoms with Crippen molar-refractivity contribution in [2.24, 2.45) is 0 Å². The minimum absolute atomic E-state index is 0.0101. The molecule has 1 saturated heterocycles. The summed E-state index contributed by atoms with van der Waals surface area (Å²) in [6, 6.07) is 15.9. The molecular weight excluding hydrogens is 368 g/mol. The van der Waals surface area contributed by atoms with E-state index >= 15 is 0 Å². The molecule has 1 aliphatic heterocycles. The number of esters is 1. The standard InChI is InChI=1S/C23H26N2O4/c1-3-24(4-2)22(27)21(17-11-6-5-7-12-17)29-23(28)18-13-8-9-14-19(18)25-16-10-15-20(25)26/h5-9,11-14,21H,3-4,10,15-16H2,1-2H3/t21-/m1/s1. The van der Waals surface area contributed by atoms with Crippen LogP contribution in [0.2, 0.25) is 0 Å². The van der Waals surface area contributed by atoms with Crippen molar-refractivity contribution < 1.29 is 19.1 Å². The first kappa shape index (κ1) is 20.6. The highest BCUT2D eigenvalue weighted by atomic mass is 16.5. The van der Waals surface area contributed by atoms with Crippen molar-refractivity contribution >= 4 is 23.5 Å². The van der Waals surface area contributed by atoms with Crippen molar-refractivity contribution in [3.05, 3.63) is 65.7 Å². The van der Waals surface area contributed by atoms with Gasteiger partial charge in [0, 0.05) is 31.6 Å². The third kappa shape index (κ3) is 4.47. The van der Waals surface area contributed by atoms with Crippen LogP contribution < -0.4 is 4.90 Å². The predicted octanol–water partition coefficient (Wildman–Crippen LogP) is 3.58. The summed E-state index contributed by atoms with van der Waals surface area (Å²) < 4.78 is 5.74. The van der Waals surface area contributed by atoms with Gasteiger partial charge in [-0.3, -0.25) is 9.59 Å². The van der Waals surface area contributed by atoms with E-state index in [0.29, 0.717) is 37.3 Å². The third-order valence-electron chi connectivity index (χ3n) is 5.11. The van der Waals surface area contributed by atoms with Crippen LogP contribution in [0.25, 0.3) is 0 Å². The van der Waals surface area contributed by atoms with Crippen LogP contribution in [0.3, 0.4) is 0 Å². The van der Waals surface area contributed by atoms with E-state index < -0.39 is 12.1 Å². The van der Waals surface area contributed by atoms with Gasteiger partial charge in [0.05, 0.1) is 11.3 Å². The second-order valence-electron chi connectivity index (χ2n) is 6.87. The Kier molecular flexibility index (Phi) is 6.65. The lowest BCUT2D eigenvalue weighted by atomic mass is 10.1. The average Bonchev–Trinajstić information content (AvgIpc) is 3.19. The molecule has 0 unspecified atom stereocenters. The zero-order chi connectivity index (χ0) is 20.8. The van der Waals surface area contributed by atoms with Crippen LogP contribution in [0.1, 0.15) is 48.7 Å². The van der Waals surface area contributed by atoms with E-state index in [9.17, 15) is 14.4 Å². The molecule has 1 atom stereocenters. The average molecular weight is 394 g/mol. The quantitative estimate of drug-likeness (QED) is 0.673. The number of nitrogens with zero attached hydrogens (tertiary/aromatic N) is 2. The summed E-state index contributed by atoms with van der Waals surface area (Å²) in [6.07, 6.45) is 0.192. The van der Waals surface area contributed by atoms with Crippen LogP contribution in [0, 0.1) is 0 Å². The van der Waals surface area contributed by atoms with E-state index in [-0.39, 0.29) is 17.4 Å². The third-order valence-corrected chi connectivity index (χ3v) is 5.11. The van der Waals surface area contributed by atoms with Crippen molar-refractivity contribution in [2.75, 3.05) is 24.5 Å². The molecule has 0 radical (unpaired) electrons. The van der Waals surface area contributed by atoms with Crippen molar-refractivity contribution in [3.8, 4) is 0 Å². The zero-order valence-electron chi connectivity index (χ0n) is 16.8. The highest BCUT2D eigenvalue weighted by Gasteiger charge is 2.31. The fourth-order valence-corrected chi connectivity index (χ4v) is 3.54. The number of hydrogen-bond acceptors (Lipinski definition) is 4. The van der Waals surface area contributed by atoms with Gasteiger partial charge in [0.2, 0.25) is 12.0 Å².